The normalized spacial score (nSPS) is 10.6. The van der Waals surface area contributed by atoms with Crippen molar-refractivity contribution in [3.63, 3.8) is 0 Å². The lowest BCUT2D eigenvalue weighted by molar-refractivity contribution is 0.0521. The molecule has 0 unspecified atom stereocenters. The lowest BCUT2D eigenvalue weighted by atomic mass is 10.3. The van der Waals surface area contributed by atoms with Gasteiger partial charge in [-0.25, -0.2) is 14.8 Å². The second-order valence-electron chi connectivity index (χ2n) is 2.91. The minimum atomic E-state index is -0.439. The van der Waals surface area contributed by atoms with Crippen molar-refractivity contribution in [2.24, 2.45) is 0 Å². The Morgan fingerprint density at radius 1 is 1.62 bits per heavy atom. The number of H-pyrrole nitrogens is 1. The minimum absolute atomic E-state index is 0.296. The molecule has 7 heteroatoms. The maximum absolute atomic E-state index is 11.5. The molecule has 16 heavy (non-hydrogen) atoms. The van der Waals surface area contributed by atoms with Crippen LogP contribution in [0.3, 0.4) is 0 Å². The molecule has 0 saturated heterocycles. The van der Waals surface area contributed by atoms with Crippen LogP contribution in [-0.4, -0.2) is 39.0 Å². The quantitative estimate of drug-likeness (QED) is 0.492. The molecule has 1 N–H and O–H groups in total. The average Bonchev–Trinajstić information content (AvgIpc) is 2.71. The summed E-state index contributed by atoms with van der Waals surface area (Å²) in [5.74, 6) is -0.439. The number of hydrogen-bond donors (Lipinski definition) is 1. The summed E-state index contributed by atoms with van der Waals surface area (Å²) < 4.78 is 4.88. The first-order valence-electron chi connectivity index (χ1n) is 4.68. The highest BCUT2D eigenvalue weighted by atomic mass is 32.2. The lowest BCUT2D eigenvalue weighted by Gasteiger charge is -1.98. The Kier molecular flexibility index (Phi) is 3.04. The van der Waals surface area contributed by atoms with Crippen molar-refractivity contribution in [2.45, 2.75) is 12.1 Å². The number of esters is 1. The van der Waals surface area contributed by atoms with Gasteiger partial charge in [0.15, 0.2) is 16.5 Å². The van der Waals surface area contributed by atoms with Gasteiger partial charge in [-0.1, -0.05) is 11.8 Å². The lowest BCUT2D eigenvalue weighted by Crippen LogP contribution is -2.05. The van der Waals surface area contributed by atoms with E-state index in [2.05, 4.69) is 20.2 Å². The molecule has 0 atom stereocenters. The Morgan fingerprint density at radius 3 is 3.12 bits per heavy atom. The van der Waals surface area contributed by atoms with Crippen LogP contribution >= 0.6 is 11.8 Å². The van der Waals surface area contributed by atoms with Crippen LogP contribution in [0.15, 0.2) is 11.4 Å². The standard InChI is InChI=1S/C9H10N4O2S/c1-3-15-8(14)6-5-4-10-9(16-2)11-7(5)13-12-6/h4H,3H2,1-2H3,(H,10,11,12,13). The number of thioether (sulfide) groups is 1. The zero-order chi connectivity index (χ0) is 11.5. The van der Waals surface area contributed by atoms with Crippen molar-refractivity contribution in [3.8, 4) is 0 Å². The van der Waals surface area contributed by atoms with Crippen molar-refractivity contribution >= 4 is 28.8 Å². The number of ether oxygens (including phenoxy) is 1. The third-order valence-corrected chi connectivity index (χ3v) is 2.51. The van der Waals surface area contributed by atoms with Gasteiger partial charge in [0.2, 0.25) is 0 Å². The molecule has 0 saturated carbocycles. The van der Waals surface area contributed by atoms with Crippen molar-refractivity contribution in [1.82, 2.24) is 20.2 Å². The van der Waals surface area contributed by atoms with Crippen molar-refractivity contribution < 1.29 is 9.53 Å². The van der Waals surface area contributed by atoms with E-state index >= 15 is 0 Å². The number of hydrogen-bond acceptors (Lipinski definition) is 6. The van der Waals surface area contributed by atoms with E-state index in [-0.39, 0.29) is 0 Å². The summed E-state index contributed by atoms with van der Waals surface area (Å²) in [6.07, 6.45) is 3.45. The van der Waals surface area contributed by atoms with Gasteiger partial charge in [-0.3, -0.25) is 5.10 Å². The summed E-state index contributed by atoms with van der Waals surface area (Å²) in [5.41, 5.74) is 0.770. The fourth-order valence-corrected chi connectivity index (χ4v) is 1.58. The monoisotopic (exact) mass is 238 g/mol. The van der Waals surface area contributed by atoms with Gasteiger partial charge < -0.3 is 4.74 Å². The van der Waals surface area contributed by atoms with Crippen molar-refractivity contribution in [2.75, 3.05) is 12.9 Å². The molecule has 2 rings (SSSR count). The maximum atomic E-state index is 11.5. The van der Waals surface area contributed by atoms with E-state index in [1.54, 1.807) is 13.1 Å². The highest BCUT2D eigenvalue weighted by Gasteiger charge is 2.15. The number of aromatic amines is 1. The van der Waals surface area contributed by atoms with E-state index in [0.717, 1.165) is 0 Å². The topological polar surface area (TPSA) is 80.8 Å². The van der Waals surface area contributed by atoms with Crippen LogP contribution < -0.4 is 0 Å². The van der Waals surface area contributed by atoms with Gasteiger partial charge in [0, 0.05) is 6.20 Å². The van der Waals surface area contributed by atoms with Crippen LogP contribution in [0.5, 0.6) is 0 Å². The van der Waals surface area contributed by atoms with E-state index in [1.807, 2.05) is 6.26 Å². The number of fused-ring (bicyclic) bond motifs is 1. The highest BCUT2D eigenvalue weighted by molar-refractivity contribution is 7.98. The van der Waals surface area contributed by atoms with Gasteiger partial charge in [-0.15, -0.1) is 0 Å². The van der Waals surface area contributed by atoms with Gasteiger partial charge in [-0.2, -0.15) is 5.10 Å². The van der Waals surface area contributed by atoms with Crippen LogP contribution in [0, 0.1) is 0 Å². The minimum Gasteiger partial charge on any atom is -0.461 e. The van der Waals surface area contributed by atoms with Crippen LogP contribution in [0.2, 0.25) is 0 Å². The molecule has 0 fully saturated rings. The van der Waals surface area contributed by atoms with Gasteiger partial charge in [0.05, 0.1) is 12.0 Å². The second-order valence-corrected chi connectivity index (χ2v) is 3.69. The first kappa shape index (κ1) is 10.9. The van der Waals surface area contributed by atoms with Crippen LogP contribution in [0.25, 0.3) is 11.0 Å². The zero-order valence-electron chi connectivity index (χ0n) is 8.85. The molecule has 0 radical (unpaired) electrons. The van der Waals surface area contributed by atoms with Gasteiger partial charge in [0.1, 0.15) is 0 Å². The largest absolute Gasteiger partial charge is 0.461 e. The second kappa shape index (κ2) is 4.48. The molecule has 2 heterocycles. The smallest absolute Gasteiger partial charge is 0.357 e. The molecule has 6 nitrogen and oxygen atoms in total. The summed E-state index contributed by atoms with van der Waals surface area (Å²) in [6.45, 7) is 2.07. The van der Waals surface area contributed by atoms with E-state index < -0.39 is 5.97 Å². The molecule has 0 aromatic carbocycles. The third kappa shape index (κ3) is 1.85. The first-order chi connectivity index (χ1) is 7.76. The molecule has 0 bridgehead atoms. The van der Waals surface area contributed by atoms with E-state index in [4.69, 9.17) is 4.74 Å². The van der Waals surface area contributed by atoms with Crippen LogP contribution in [-0.2, 0) is 4.74 Å². The molecule has 2 aromatic rings. The molecular weight excluding hydrogens is 228 g/mol. The van der Waals surface area contributed by atoms with Crippen molar-refractivity contribution in [1.29, 1.82) is 0 Å². The zero-order valence-corrected chi connectivity index (χ0v) is 9.67. The molecular formula is C9H10N4O2S. The Balaban J connectivity index is 2.45. The number of nitrogens with one attached hydrogen (secondary N) is 1. The molecule has 0 aliphatic carbocycles. The summed E-state index contributed by atoms with van der Waals surface area (Å²) in [6, 6.07) is 0. The molecule has 0 aliphatic rings. The number of carbonyl (C=O) groups is 1. The average molecular weight is 238 g/mol. The predicted octanol–water partition coefficient (Wildman–Crippen LogP) is 1.25. The Hall–Kier alpha value is -1.63. The Labute approximate surface area is 95.8 Å². The summed E-state index contributed by atoms with van der Waals surface area (Å²) >= 11 is 1.42. The molecule has 0 spiro atoms. The third-order valence-electron chi connectivity index (χ3n) is 1.95. The highest BCUT2D eigenvalue weighted by Crippen LogP contribution is 2.16. The SMILES string of the molecule is CCOC(=O)c1[nH]nc2nc(SC)ncc12. The molecule has 84 valence electrons. The molecule has 2 aromatic heterocycles. The Bertz CT molecular complexity index is 525. The predicted molar refractivity (Wildman–Crippen MR) is 59.4 cm³/mol. The molecule has 0 aliphatic heterocycles. The number of carbonyl (C=O) groups excluding carboxylic acids is 1. The van der Waals surface area contributed by atoms with E-state index in [9.17, 15) is 4.79 Å². The number of rotatable bonds is 3. The van der Waals surface area contributed by atoms with E-state index in [0.29, 0.717) is 28.5 Å². The molecule has 0 amide bonds. The van der Waals surface area contributed by atoms with Crippen LogP contribution in [0.4, 0.5) is 0 Å². The summed E-state index contributed by atoms with van der Waals surface area (Å²) in [7, 11) is 0. The number of aromatic nitrogens is 4. The Morgan fingerprint density at radius 2 is 2.44 bits per heavy atom. The van der Waals surface area contributed by atoms with Gasteiger partial charge in [-0.05, 0) is 13.2 Å². The maximum Gasteiger partial charge on any atom is 0.357 e. The van der Waals surface area contributed by atoms with Crippen LogP contribution in [0.1, 0.15) is 17.4 Å². The fraction of sp³-hybridized carbons (Fsp3) is 0.333. The first-order valence-corrected chi connectivity index (χ1v) is 5.91. The van der Waals surface area contributed by atoms with E-state index in [1.165, 1.54) is 11.8 Å². The van der Waals surface area contributed by atoms with Gasteiger partial charge >= 0.3 is 5.97 Å². The van der Waals surface area contributed by atoms with Crippen molar-refractivity contribution in [3.05, 3.63) is 11.9 Å². The fourth-order valence-electron chi connectivity index (χ4n) is 1.25. The summed E-state index contributed by atoms with van der Waals surface area (Å²) in [4.78, 5) is 19.8. The summed E-state index contributed by atoms with van der Waals surface area (Å²) in [5, 5.41) is 7.75. The van der Waals surface area contributed by atoms with Gasteiger partial charge in [0.25, 0.3) is 0 Å². The number of nitrogens with zero attached hydrogens (tertiary/aromatic N) is 3.